The summed E-state index contributed by atoms with van der Waals surface area (Å²) in [4.78, 5) is 0. The Morgan fingerprint density at radius 3 is 2.79 bits per heavy atom. The Morgan fingerprint density at radius 1 is 1.37 bits per heavy atom. The van der Waals surface area contributed by atoms with Crippen molar-refractivity contribution in [2.45, 2.75) is 45.4 Å². The lowest BCUT2D eigenvalue weighted by molar-refractivity contribution is 0.0662. The Hall–Kier alpha value is -0.903. The molecule has 19 heavy (non-hydrogen) atoms. The van der Waals surface area contributed by atoms with E-state index in [1.54, 1.807) is 0 Å². The summed E-state index contributed by atoms with van der Waals surface area (Å²) in [5.74, 6) is 0. The Balaban J connectivity index is 2.41. The Bertz CT molecular complexity index is 379. The maximum Gasteiger partial charge on any atom is 0.236 e. The minimum absolute atomic E-state index is 0.271. The summed E-state index contributed by atoms with van der Waals surface area (Å²) in [5.41, 5.74) is 2.82. The minimum atomic E-state index is 0.271. The fourth-order valence-corrected chi connectivity index (χ4v) is 2.85. The molecule has 0 saturated heterocycles. The molecule has 2 nitrogen and oxygen atoms in total. The number of ether oxygens (including phenoxy) is 1. The molecule has 1 aromatic carbocycles. The largest absolute Gasteiger partial charge is 0.413 e. The van der Waals surface area contributed by atoms with Gasteiger partial charge in [-0.1, -0.05) is 44.2 Å². The van der Waals surface area contributed by atoms with Gasteiger partial charge in [-0.3, -0.25) is 0 Å². The van der Waals surface area contributed by atoms with E-state index in [1.807, 2.05) is 25.1 Å². The highest BCUT2D eigenvalue weighted by atomic mass is 28.2. The lowest BCUT2D eigenvalue weighted by Gasteiger charge is -2.21. The third-order valence-electron chi connectivity index (χ3n) is 3.10. The molecule has 1 aromatic rings. The number of hydrogen-bond acceptors (Lipinski definition) is 2. The van der Waals surface area contributed by atoms with E-state index >= 15 is 0 Å². The second-order valence-electron chi connectivity index (χ2n) is 4.53. The topological polar surface area (TPSA) is 18.5 Å². The molecule has 0 heterocycles. The Morgan fingerprint density at radius 2 is 2.16 bits per heavy atom. The molecule has 0 N–H and O–H groups in total. The fourth-order valence-electron chi connectivity index (χ4n) is 1.93. The summed E-state index contributed by atoms with van der Waals surface area (Å²) >= 11 is 0. The predicted molar refractivity (Wildman–Crippen MR) is 82.2 cm³/mol. The summed E-state index contributed by atoms with van der Waals surface area (Å²) < 4.78 is 11.5. The highest BCUT2D eigenvalue weighted by Crippen LogP contribution is 2.18. The minimum Gasteiger partial charge on any atom is -0.413 e. The second-order valence-corrected chi connectivity index (χ2v) is 5.80. The lowest BCUT2D eigenvalue weighted by atomic mass is 10.1. The summed E-state index contributed by atoms with van der Waals surface area (Å²) in [6.45, 7) is 11.6. The number of rotatable bonds is 9. The highest BCUT2D eigenvalue weighted by Gasteiger charge is 2.17. The molecule has 0 aliphatic heterocycles. The van der Waals surface area contributed by atoms with Crippen LogP contribution in [-0.4, -0.2) is 22.5 Å². The normalized spacial score (nSPS) is 14.1. The average Bonchev–Trinajstić information content (AvgIpc) is 2.44. The van der Waals surface area contributed by atoms with Crippen LogP contribution in [0.2, 0.25) is 5.54 Å². The molecule has 2 unspecified atom stereocenters. The van der Waals surface area contributed by atoms with E-state index < -0.39 is 0 Å². The van der Waals surface area contributed by atoms with Crippen LogP contribution in [0.1, 0.15) is 38.3 Å². The summed E-state index contributed by atoms with van der Waals surface area (Å²) in [6.07, 6.45) is 3.22. The van der Waals surface area contributed by atoms with E-state index in [-0.39, 0.29) is 6.10 Å². The van der Waals surface area contributed by atoms with Crippen molar-refractivity contribution in [3.63, 3.8) is 0 Å². The van der Waals surface area contributed by atoms with Gasteiger partial charge < -0.3 is 9.16 Å². The standard InChI is InChI=1S/C16H24O2Si/c1-5-14-9-8-10-15(11-14)12-18-19-16(6-2)13(4)17-7-3/h5,8-11,13,16H,1,6-7,12H2,2-4H3. The molecule has 0 bridgehead atoms. The molecule has 0 fully saturated rings. The van der Waals surface area contributed by atoms with Gasteiger partial charge in [-0.2, -0.15) is 0 Å². The average molecular weight is 276 g/mol. The van der Waals surface area contributed by atoms with Crippen LogP contribution in [0.25, 0.3) is 6.08 Å². The van der Waals surface area contributed by atoms with E-state index in [0.717, 1.165) is 18.6 Å². The van der Waals surface area contributed by atoms with Gasteiger partial charge in [0.1, 0.15) is 0 Å². The predicted octanol–water partition coefficient (Wildman–Crippen LogP) is 4.09. The van der Waals surface area contributed by atoms with Crippen LogP contribution in [0.3, 0.4) is 0 Å². The third kappa shape index (κ3) is 5.72. The van der Waals surface area contributed by atoms with Gasteiger partial charge >= 0.3 is 0 Å². The third-order valence-corrected chi connectivity index (χ3v) is 4.59. The van der Waals surface area contributed by atoms with Crippen LogP contribution >= 0.6 is 0 Å². The van der Waals surface area contributed by atoms with Gasteiger partial charge in [-0.15, -0.1) is 0 Å². The van der Waals surface area contributed by atoms with Crippen molar-refractivity contribution in [2.24, 2.45) is 0 Å². The SMILES string of the molecule is C=Cc1cccc(CO[Si]C(CC)C(C)OCC)c1. The zero-order valence-electron chi connectivity index (χ0n) is 12.2. The van der Waals surface area contributed by atoms with Crippen LogP contribution in [0.15, 0.2) is 30.8 Å². The molecule has 104 valence electrons. The first-order chi connectivity index (χ1) is 9.21. The second kappa shape index (κ2) is 9.07. The van der Waals surface area contributed by atoms with Crippen LogP contribution in [0.4, 0.5) is 0 Å². The van der Waals surface area contributed by atoms with Crippen molar-refractivity contribution < 1.29 is 9.16 Å². The fraction of sp³-hybridized carbons (Fsp3) is 0.500. The molecule has 3 heteroatoms. The van der Waals surface area contributed by atoms with E-state index in [9.17, 15) is 0 Å². The zero-order chi connectivity index (χ0) is 14.1. The molecular formula is C16H24O2Si. The molecule has 0 aliphatic carbocycles. The van der Waals surface area contributed by atoms with E-state index in [1.165, 1.54) is 5.56 Å². The van der Waals surface area contributed by atoms with Gasteiger partial charge in [-0.25, -0.2) is 0 Å². The van der Waals surface area contributed by atoms with Crippen LogP contribution in [0, 0.1) is 0 Å². The van der Waals surface area contributed by atoms with Crippen molar-refractivity contribution >= 4 is 15.8 Å². The highest BCUT2D eigenvalue weighted by molar-refractivity contribution is 6.29. The smallest absolute Gasteiger partial charge is 0.236 e. The van der Waals surface area contributed by atoms with E-state index in [0.29, 0.717) is 21.9 Å². The first-order valence-electron chi connectivity index (χ1n) is 6.91. The van der Waals surface area contributed by atoms with Crippen LogP contribution in [-0.2, 0) is 15.8 Å². The molecule has 0 aromatic heterocycles. The molecule has 0 amide bonds. The monoisotopic (exact) mass is 276 g/mol. The summed E-state index contributed by atoms with van der Waals surface area (Å²) in [6, 6.07) is 8.29. The van der Waals surface area contributed by atoms with Crippen molar-refractivity contribution in [3.05, 3.63) is 42.0 Å². The zero-order valence-corrected chi connectivity index (χ0v) is 13.2. The van der Waals surface area contributed by atoms with E-state index in [4.69, 9.17) is 9.16 Å². The van der Waals surface area contributed by atoms with Crippen LogP contribution < -0.4 is 0 Å². The number of benzene rings is 1. The molecule has 0 aliphatic rings. The molecule has 0 spiro atoms. The quantitative estimate of drug-likeness (QED) is 0.632. The van der Waals surface area contributed by atoms with Gasteiger partial charge in [0.25, 0.3) is 0 Å². The van der Waals surface area contributed by atoms with Crippen molar-refractivity contribution in [3.8, 4) is 0 Å². The Kier molecular flexibility index (Phi) is 7.71. The molecule has 2 atom stereocenters. The summed E-state index contributed by atoms with van der Waals surface area (Å²) in [5, 5.41) is 0. The Labute approximate surface area is 119 Å². The lowest BCUT2D eigenvalue weighted by Crippen LogP contribution is -2.22. The van der Waals surface area contributed by atoms with Gasteiger partial charge in [0.15, 0.2) is 0 Å². The van der Waals surface area contributed by atoms with Gasteiger partial charge in [-0.05, 0) is 31.0 Å². The van der Waals surface area contributed by atoms with Crippen LogP contribution in [0.5, 0.6) is 0 Å². The molecule has 0 saturated carbocycles. The van der Waals surface area contributed by atoms with Gasteiger partial charge in [0.05, 0.1) is 12.7 Å². The maximum atomic E-state index is 5.85. The number of hydrogen-bond donors (Lipinski definition) is 0. The van der Waals surface area contributed by atoms with E-state index in [2.05, 4.69) is 32.6 Å². The maximum absolute atomic E-state index is 5.85. The first kappa shape index (κ1) is 16.2. The van der Waals surface area contributed by atoms with Crippen molar-refractivity contribution in [1.82, 2.24) is 0 Å². The molecular weight excluding hydrogens is 252 g/mol. The first-order valence-corrected chi connectivity index (χ1v) is 7.90. The van der Waals surface area contributed by atoms with Crippen molar-refractivity contribution in [1.29, 1.82) is 0 Å². The van der Waals surface area contributed by atoms with Crippen molar-refractivity contribution in [2.75, 3.05) is 6.61 Å². The molecule has 2 radical (unpaired) electrons. The van der Waals surface area contributed by atoms with Gasteiger partial charge in [0.2, 0.25) is 9.76 Å². The summed E-state index contributed by atoms with van der Waals surface area (Å²) in [7, 11) is 0.486. The molecule has 1 rings (SSSR count). The van der Waals surface area contributed by atoms with Gasteiger partial charge in [0, 0.05) is 12.1 Å².